The number of amides is 1. The van der Waals surface area contributed by atoms with Gasteiger partial charge in [0.1, 0.15) is 24.0 Å². The maximum absolute atomic E-state index is 11.9. The molecule has 182 valence electrons. The number of nitrogens with zero attached hydrogens (tertiary/aromatic N) is 3. The average molecular weight is 501 g/mol. The number of fused-ring (bicyclic) bond motifs is 2. The monoisotopic (exact) mass is 500 g/mol. The Morgan fingerprint density at radius 3 is 2.64 bits per heavy atom. The molecule has 1 amide bonds. The standard InChI is InChI=1S/C27H24N4O4S/c1-16-11-20(25-21(12-16)30-23(33-3)15-28-25)26-31-24-17(2)13-19(14-22(24)36-26)34-9-10-35-27(32)29-18-7-5-4-6-8-18/h4-8,11-15H,9-10H2,1-3H3,(H,29,32). The zero-order chi connectivity index (χ0) is 25.1. The van der Waals surface area contributed by atoms with Crippen molar-refractivity contribution in [2.45, 2.75) is 13.8 Å². The Balaban J connectivity index is 1.31. The van der Waals surface area contributed by atoms with Gasteiger partial charge in [0.25, 0.3) is 0 Å². The first-order chi connectivity index (χ1) is 17.5. The lowest BCUT2D eigenvalue weighted by atomic mass is 10.1. The van der Waals surface area contributed by atoms with E-state index < -0.39 is 6.09 Å². The number of ether oxygens (including phenoxy) is 3. The van der Waals surface area contributed by atoms with Gasteiger partial charge in [-0.2, -0.15) is 0 Å². The number of hydrogen-bond acceptors (Lipinski definition) is 8. The first kappa shape index (κ1) is 23.5. The second kappa shape index (κ2) is 10.2. The van der Waals surface area contributed by atoms with E-state index in [1.807, 2.05) is 50.2 Å². The lowest BCUT2D eigenvalue weighted by Crippen LogP contribution is -2.17. The molecule has 0 fully saturated rings. The summed E-state index contributed by atoms with van der Waals surface area (Å²) in [5.41, 5.74) is 6.13. The summed E-state index contributed by atoms with van der Waals surface area (Å²) in [6.45, 7) is 4.39. The minimum Gasteiger partial charge on any atom is -0.490 e. The molecule has 9 heteroatoms. The fraction of sp³-hybridized carbons (Fsp3) is 0.185. The molecule has 0 aliphatic heterocycles. The Bertz CT molecular complexity index is 1550. The molecule has 2 heterocycles. The van der Waals surface area contributed by atoms with Crippen molar-refractivity contribution in [3.63, 3.8) is 0 Å². The van der Waals surface area contributed by atoms with Crippen LogP contribution >= 0.6 is 11.3 Å². The first-order valence-electron chi connectivity index (χ1n) is 11.3. The van der Waals surface area contributed by atoms with Crippen LogP contribution in [0, 0.1) is 13.8 Å². The summed E-state index contributed by atoms with van der Waals surface area (Å²) in [7, 11) is 1.58. The summed E-state index contributed by atoms with van der Waals surface area (Å²) in [6.07, 6.45) is 1.10. The van der Waals surface area contributed by atoms with Crippen LogP contribution in [-0.2, 0) is 4.74 Å². The smallest absolute Gasteiger partial charge is 0.411 e. The van der Waals surface area contributed by atoms with E-state index in [0.29, 0.717) is 17.3 Å². The van der Waals surface area contributed by atoms with E-state index in [0.717, 1.165) is 42.9 Å². The van der Waals surface area contributed by atoms with Crippen molar-refractivity contribution in [1.82, 2.24) is 15.0 Å². The average Bonchev–Trinajstić information content (AvgIpc) is 3.31. The van der Waals surface area contributed by atoms with Crippen LogP contribution in [0.2, 0.25) is 0 Å². The highest BCUT2D eigenvalue weighted by Crippen LogP contribution is 2.37. The molecule has 5 aromatic rings. The third kappa shape index (κ3) is 5.06. The molecule has 0 saturated carbocycles. The van der Waals surface area contributed by atoms with Crippen LogP contribution in [0.3, 0.4) is 0 Å². The molecule has 3 aromatic carbocycles. The van der Waals surface area contributed by atoms with Gasteiger partial charge < -0.3 is 14.2 Å². The van der Waals surface area contributed by atoms with Crippen LogP contribution in [0.5, 0.6) is 11.6 Å². The summed E-state index contributed by atoms with van der Waals surface area (Å²) in [5, 5.41) is 3.54. The number of carbonyl (C=O) groups is 1. The zero-order valence-corrected chi connectivity index (χ0v) is 20.9. The van der Waals surface area contributed by atoms with Gasteiger partial charge in [0.05, 0.1) is 34.6 Å². The molecular formula is C27H24N4O4S. The van der Waals surface area contributed by atoms with Crippen molar-refractivity contribution in [3.05, 3.63) is 71.9 Å². The van der Waals surface area contributed by atoms with E-state index in [1.54, 1.807) is 36.8 Å². The SMILES string of the molecule is COc1cnc2c(-c3nc4c(C)cc(OCCOC(=O)Nc5ccccc5)cc4s3)cc(C)cc2n1. The quantitative estimate of drug-likeness (QED) is 0.267. The Kier molecular flexibility index (Phi) is 6.64. The molecule has 0 aliphatic rings. The van der Waals surface area contributed by atoms with Gasteiger partial charge >= 0.3 is 6.09 Å². The molecule has 0 bridgehead atoms. The Labute approximate surface area is 211 Å². The zero-order valence-electron chi connectivity index (χ0n) is 20.1. The Morgan fingerprint density at radius 2 is 1.83 bits per heavy atom. The van der Waals surface area contributed by atoms with E-state index in [1.165, 1.54) is 0 Å². The number of rotatable bonds is 7. The molecule has 5 rings (SSSR count). The second-order valence-electron chi connectivity index (χ2n) is 8.17. The highest BCUT2D eigenvalue weighted by atomic mass is 32.1. The molecule has 0 spiro atoms. The second-order valence-corrected chi connectivity index (χ2v) is 9.20. The third-order valence-corrected chi connectivity index (χ3v) is 6.51. The van der Waals surface area contributed by atoms with E-state index in [2.05, 4.69) is 21.4 Å². The fourth-order valence-electron chi connectivity index (χ4n) is 3.84. The van der Waals surface area contributed by atoms with E-state index in [-0.39, 0.29) is 13.2 Å². The number of anilines is 1. The van der Waals surface area contributed by atoms with E-state index in [4.69, 9.17) is 19.2 Å². The van der Waals surface area contributed by atoms with Gasteiger partial charge in [0.2, 0.25) is 5.88 Å². The summed E-state index contributed by atoms with van der Waals surface area (Å²) >= 11 is 1.57. The number of para-hydroxylation sites is 1. The fourth-order valence-corrected chi connectivity index (χ4v) is 4.93. The Hall–Kier alpha value is -4.24. The van der Waals surface area contributed by atoms with Gasteiger partial charge in [-0.15, -0.1) is 11.3 Å². The van der Waals surface area contributed by atoms with Gasteiger partial charge in [-0.25, -0.2) is 19.7 Å². The number of methoxy groups -OCH3 is 1. The molecule has 0 radical (unpaired) electrons. The minimum atomic E-state index is -0.519. The van der Waals surface area contributed by atoms with Crippen molar-refractivity contribution in [1.29, 1.82) is 0 Å². The summed E-state index contributed by atoms with van der Waals surface area (Å²) in [5.74, 6) is 1.17. The van der Waals surface area contributed by atoms with Gasteiger partial charge in [0, 0.05) is 11.3 Å². The minimum absolute atomic E-state index is 0.126. The van der Waals surface area contributed by atoms with Gasteiger partial charge in [-0.05, 0) is 61.4 Å². The predicted octanol–water partition coefficient (Wildman–Crippen LogP) is 6.16. The lowest BCUT2D eigenvalue weighted by molar-refractivity contribution is 0.138. The molecule has 2 aromatic heterocycles. The largest absolute Gasteiger partial charge is 0.490 e. The third-order valence-electron chi connectivity index (χ3n) is 5.47. The van der Waals surface area contributed by atoms with Crippen LogP contribution < -0.4 is 14.8 Å². The lowest BCUT2D eigenvalue weighted by Gasteiger charge is -2.09. The number of thiazole rings is 1. The van der Waals surface area contributed by atoms with Crippen molar-refractivity contribution in [2.24, 2.45) is 0 Å². The van der Waals surface area contributed by atoms with Crippen molar-refractivity contribution in [2.75, 3.05) is 25.6 Å². The van der Waals surface area contributed by atoms with Crippen molar-refractivity contribution >= 4 is 44.4 Å². The Morgan fingerprint density at radius 1 is 1.00 bits per heavy atom. The van der Waals surface area contributed by atoms with E-state index in [9.17, 15) is 4.79 Å². The van der Waals surface area contributed by atoms with Crippen LogP contribution in [0.15, 0.2) is 60.8 Å². The number of benzene rings is 3. The molecular weight excluding hydrogens is 476 g/mol. The highest BCUT2D eigenvalue weighted by molar-refractivity contribution is 7.21. The van der Waals surface area contributed by atoms with Crippen molar-refractivity contribution < 1.29 is 19.0 Å². The number of carbonyl (C=O) groups excluding carboxylic acids is 1. The maximum atomic E-state index is 11.9. The van der Waals surface area contributed by atoms with Crippen LogP contribution in [0.4, 0.5) is 10.5 Å². The number of aromatic nitrogens is 3. The van der Waals surface area contributed by atoms with Crippen LogP contribution in [0.25, 0.3) is 31.8 Å². The number of hydrogen-bond donors (Lipinski definition) is 1. The molecule has 0 atom stereocenters. The molecule has 0 aliphatic carbocycles. The summed E-state index contributed by atoms with van der Waals surface area (Å²) < 4.78 is 17.3. The van der Waals surface area contributed by atoms with Crippen molar-refractivity contribution in [3.8, 4) is 22.2 Å². The van der Waals surface area contributed by atoms with E-state index >= 15 is 0 Å². The van der Waals surface area contributed by atoms with Gasteiger partial charge in [0.15, 0.2) is 0 Å². The van der Waals surface area contributed by atoms with Gasteiger partial charge in [-0.3, -0.25) is 5.32 Å². The molecule has 36 heavy (non-hydrogen) atoms. The normalized spacial score (nSPS) is 11.0. The summed E-state index contributed by atoms with van der Waals surface area (Å²) in [4.78, 5) is 25.9. The first-order valence-corrected chi connectivity index (χ1v) is 12.2. The summed E-state index contributed by atoms with van der Waals surface area (Å²) in [6, 6.07) is 17.1. The number of nitrogens with one attached hydrogen (secondary N) is 1. The predicted molar refractivity (Wildman–Crippen MR) is 141 cm³/mol. The molecule has 0 saturated heterocycles. The topological polar surface area (TPSA) is 95.5 Å². The molecule has 1 N–H and O–H groups in total. The molecule has 0 unspecified atom stereocenters. The highest BCUT2D eigenvalue weighted by Gasteiger charge is 2.15. The van der Waals surface area contributed by atoms with Gasteiger partial charge in [-0.1, -0.05) is 18.2 Å². The van der Waals surface area contributed by atoms with Crippen LogP contribution in [0.1, 0.15) is 11.1 Å². The maximum Gasteiger partial charge on any atom is 0.411 e. The molecule has 8 nitrogen and oxygen atoms in total. The number of aryl methyl sites for hydroxylation is 2. The van der Waals surface area contributed by atoms with Crippen LogP contribution in [-0.4, -0.2) is 41.4 Å².